The minimum absolute atomic E-state index is 0.0531. The van der Waals surface area contributed by atoms with Crippen LogP contribution in [-0.4, -0.2) is 17.4 Å². The lowest BCUT2D eigenvalue weighted by Crippen LogP contribution is -2.24. The summed E-state index contributed by atoms with van der Waals surface area (Å²) in [6.07, 6.45) is 0. The molecule has 2 rings (SSSR count). The van der Waals surface area contributed by atoms with Gasteiger partial charge in [-0.05, 0) is 36.8 Å². The Balaban J connectivity index is 1.84. The van der Waals surface area contributed by atoms with Gasteiger partial charge in [-0.15, -0.1) is 11.8 Å². The predicted molar refractivity (Wildman–Crippen MR) is 85.4 cm³/mol. The van der Waals surface area contributed by atoms with E-state index in [0.29, 0.717) is 10.5 Å². The molecule has 3 nitrogen and oxygen atoms in total. The number of ketones is 1. The average Bonchev–Trinajstić information content (AvgIpc) is 2.53. The molecule has 0 saturated carbocycles. The summed E-state index contributed by atoms with van der Waals surface area (Å²) in [5.41, 5.74) is 1.08. The number of carbonyl (C=O) groups excluding carboxylic acids is 2. The van der Waals surface area contributed by atoms with Gasteiger partial charge >= 0.3 is 0 Å². The third-order valence-corrected chi connectivity index (χ3v) is 4.15. The maximum absolute atomic E-state index is 13.8. The Hall–Kier alpha value is -2.21. The van der Waals surface area contributed by atoms with Gasteiger partial charge in [-0.3, -0.25) is 9.59 Å². The highest BCUT2D eigenvalue weighted by molar-refractivity contribution is 8.00. The van der Waals surface area contributed by atoms with Crippen molar-refractivity contribution in [2.24, 2.45) is 0 Å². The topological polar surface area (TPSA) is 46.2 Å². The highest BCUT2D eigenvalue weighted by Crippen LogP contribution is 2.22. The number of benzene rings is 2. The molecule has 120 valence electrons. The molecule has 0 heterocycles. The first-order valence-electron chi connectivity index (χ1n) is 6.90. The minimum atomic E-state index is -0.519. The molecule has 0 saturated heterocycles. The first-order valence-corrected chi connectivity index (χ1v) is 7.88. The largest absolute Gasteiger partial charge is 0.351 e. The zero-order valence-corrected chi connectivity index (χ0v) is 13.3. The minimum Gasteiger partial charge on any atom is -0.351 e. The maximum Gasteiger partial charge on any atom is 0.230 e. The molecule has 23 heavy (non-hydrogen) atoms. The molecular formula is C17H15F2NO2S. The Morgan fingerprint density at radius 2 is 1.78 bits per heavy atom. The second-order valence-corrected chi connectivity index (χ2v) is 5.91. The Morgan fingerprint density at radius 3 is 2.39 bits per heavy atom. The summed E-state index contributed by atoms with van der Waals surface area (Å²) < 4.78 is 26.6. The first-order chi connectivity index (χ1) is 11.0. The standard InChI is InChI=1S/C17H15F2NO2S/c1-11(21)13-4-7-16(15(19)8-13)23-10-17(22)20-9-12-2-5-14(18)6-3-12/h2-8H,9-10H2,1H3,(H,20,22). The van der Waals surface area contributed by atoms with Crippen molar-refractivity contribution in [3.05, 3.63) is 65.2 Å². The highest BCUT2D eigenvalue weighted by Gasteiger charge is 2.09. The number of thioether (sulfide) groups is 1. The fraction of sp³-hybridized carbons (Fsp3) is 0.176. The van der Waals surface area contributed by atoms with Crippen LogP contribution in [0.2, 0.25) is 0 Å². The number of Topliss-reactive ketones (excluding diaryl/α,β-unsaturated/α-hetero) is 1. The second kappa shape index (κ2) is 7.87. The third kappa shape index (κ3) is 5.17. The van der Waals surface area contributed by atoms with E-state index < -0.39 is 5.82 Å². The third-order valence-electron chi connectivity index (χ3n) is 3.10. The molecule has 0 radical (unpaired) electrons. The van der Waals surface area contributed by atoms with Crippen LogP contribution in [0.3, 0.4) is 0 Å². The molecule has 6 heteroatoms. The molecule has 0 aliphatic heterocycles. The van der Waals surface area contributed by atoms with Crippen molar-refractivity contribution < 1.29 is 18.4 Å². The summed E-state index contributed by atoms with van der Waals surface area (Å²) in [5.74, 6) is -1.27. The summed E-state index contributed by atoms with van der Waals surface area (Å²) in [6.45, 7) is 1.65. The molecule has 0 atom stereocenters. The average molecular weight is 335 g/mol. The summed E-state index contributed by atoms with van der Waals surface area (Å²) in [7, 11) is 0. The van der Waals surface area contributed by atoms with E-state index in [9.17, 15) is 18.4 Å². The van der Waals surface area contributed by atoms with Crippen LogP contribution in [0.1, 0.15) is 22.8 Å². The molecule has 0 aliphatic carbocycles. The van der Waals surface area contributed by atoms with E-state index in [2.05, 4.69) is 5.32 Å². The number of halogens is 2. The lowest BCUT2D eigenvalue weighted by atomic mass is 10.1. The van der Waals surface area contributed by atoms with Crippen molar-refractivity contribution in [3.63, 3.8) is 0 Å². The van der Waals surface area contributed by atoms with Crippen molar-refractivity contribution in [2.75, 3.05) is 5.75 Å². The number of carbonyl (C=O) groups is 2. The summed E-state index contributed by atoms with van der Waals surface area (Å²) in [4.78, 5) is 23.2. The van der Waals surface area contributed by atoms with Gasteiger partial charge in [-0.1, -0.05) is 18.2 Å². The Morgan fingerprint density at radius 1 is 1.09 bits per heavy atom. The normalized spacial score (nSPS) is 10.4. The number of rotatable bonds is 6. The van der Waals surface area contributed by atoms with E-state index in [1.54, 1.807) is 12.1 Å². The van der Waals surface area contributed by atoms with Gasteiger partial charge in [0.05, 0.1) is 5.75 Å². The maximum atomic E-state index is 13.8. The molecule has 0 unspecified atom stereocenters. The molecule has 0 fully saturated rings. The first kappa shape index (κ1) is 17.1. The van der Waals surface area contributed by atoms with Gasteiger partial charge in [0, 0.05) is 17.0 Å². The van der Waals surface area contributed by atoms with Crippen LogP contribution < -0.4 is 5.32 Å². The number of nitrogens with one attached hydrogen (secondary N) is 1. The van der Waals surface area contributed by atoms with E-state index in [1.165, 1.54) is 37.3 Å². The molecule has 2 aromatic carbocycles. The molecule has 1 N–H and O–H groups in total. The zero-order valence-electron chi connectivity index (χ0n) is 12.4. The van der Waals surface area contributed by atoms with Crippen molar-refractivity contribution in [1.82, 2.24) is 5.32 Å². The van der Waals surface area contributed by atoms with Gasteiger partial charge in [-0.2, -0.15) is 0 Å². The monoisotopic (exact) mass is 335 g/mol. The van der Waals surface area contributed by atoms with Gasteiger partial charge in [0.1, 0.15) is 11.6 Å². The van der Waals surface area contributed by atoms with Crippen LogP contribution in [0, 0.1) is 11.6 Å². The zero-order chi connectivity index (χ0) is 16.8. The lowest BCUT2D eigenvalue weighted by Gasteiger charge is -2.07. The second-order valence-electron chi connectivity index (χ2n) is 4.89. The van der Waals surface area contributed by atoms with Crippen molar-refractivity contribution in [2.45, 2.75) is 18.4 Å². The quantitative estimate of drug-likeness (QED) is 0.648. The van der Waals surface area contributed by atoms with Crippen molar-refractivity contribution >= 4 is 23.5 Å². The van der Waals surface area contributed by atoms with E-state index in [1.807, 2.05) is 0 Å². The van der Waals surface area contributed by atoms with Crippen LogP contribution >= 0.6 is 11.8 Å². The van der Waals surface area contributed by atoms with Crippen molar-refractivity contribution in [1.29, 1.82) is 0 Å². The molecular weight excluding hydrogens is 320 g/mol. The van der Waals surface area contributed by atoms with Gasteiger partial charge in [0.25, 0.3) is 0 Å². The molecule has 1 amide bonds. The number of hydrogen-bond acceptors (Lipinski definition) is 3. The molecule has 0 aromatic heterocycles. The van der Waals surface area contributed by atoms with E-state index in [0.717, 1.165) is 17.3 Å². The Bertz CT molecular complexity index is 717. The summed E-state index contributed by atoms with van der Waals surface area (Å²) in [6, 6.07) is 10.0. The van der Waals surface area contributed by atoms with Crippen LogP contribution in [0.5, 0.6) is 0 Å². The van der Waals surface area contributed by atoms with Gasteiger partial charge in [0.2, 0.25) is 5.91 Å². The number of hydrogen-bond donors (Lipinski definition) is 1. The molecule has 2 aromatic rings. The number of amides is 1. The van der Waals surface area contributed by atoms with E-state index in [4.69, 9.17) is 0 Å². The lowest BCUT2D eigenvalue weighted by molar-refractivity contribution is -0.118. The molecule has 0 spiro atoms. The van der Waals surface area contributed by atoms with Gasteiger partial charge < -0.3 is 5.32 Å². The molecule has 0 bridgehead atoms. The van der Waals surface area contributed by atoms with E-state index in [-0.39, 0.29) is 29.8 Å². The fourth-order valence-corrected chi connectivity index (χ4v) is 2.58. The predicted octanol–water partition coefficient (Wildman–Crippen LogP) is 3.58. The summed E-state index contributed by atoms with van der Waals surface area (Å²) >= 11 is 1.05. The van der Waals surface area contributed by atoms with Gasteiger partial charge in [0.15, 0.2) is 5.78 Å². The smallest absolute Gasteiger partial charge is 0.230 e. The van der Waals surface area contributed by atoms with Crippen LogP contribution in [0.15, 0.2) is 47.4 Å². The fourth-order valence-electron chi connectivity index (χ4n) is 1.83. The Kier molecular flexibility index (Phi) is 5.87. The van der Waals surface area contributed by atoms with Crippen LogP contribution in [0.25, 0.3) is 0 Å². The Labute approximate surface area is 137 Å². The molecule has 0 aliphatic rings. The van der Waals surface area contributed by atoms with Gasteiger partial charge in [-0.25, -0.2) is 8.78 Å². The highest BCUT2D eigenvalue weighted by atomic mass is 32.2. The summed E-state index contributed by atoms with van der Waals surface area (Å²) in [5, 5.41) is 2.68. The SMILES string of the molecule is CC(=O)c1ccc(SCC(=O)NCc2ccc(F)cc2)c(F)c1. The van der Waals surface area contributed by atoms with E-state index >= 15 is 0 Å². The van der Waals surface area contributed by atoms with Crippen LogP contribution in [0.4, 0.5) is 8.78 Å². The van der Waals surface area contributed by atoms with Crippen LogP contribution in [-0.2, 0) is 11.3 Å². The van der Waals surface area contributed by atoms with Crippen molar-refractivity contribution in [3.8, 4) is 0 Å².